The number of hydrogen-bond donors (Lipinski definition) is 2. The molecule has 0 atom stereocenters. The van der Waals surface area contributed by atoms with E-state index >= 15 is 0 Å². The van der Waals surface area contributed by atoms with Gasteiger partial charge in [0.25, 0.3) is 5.91 Å². The quantitative estimate of drug-likeness (QED) is 0.754. The molecule has 1 heterocycles. The van der Waals surface area contributed by atoms with Crippen LogP contribution in [0.15, 0.2) is 24.3 Å². The average molecular weight is 321 g/mol. The summed E-state index contributed by atoms with van der Waals surface area (Å²) in [6.07, 6.45) is 0. The average Bonchev–Trinajstić information content (AvgIpc) is 2.84. The maximum Gasteiger partial charge on any atom is 0.254 e. The third kappa shape index (κ3) is 4.24. The summed E-state index contributed by atoms with van der Waals surface area (Å²) in [5.41, 5.74) is 1.77. The third-order valence-electron chi connectivity index (χ3n) is 3.35. The van der Waals surface area contributed by atoms with Gasteiger partial charge in [0.15, 0.2) is 0 Å². The molecule has 0 saturated carbocycles. The highest BCUT2D eigenvalue weighted by Crippen LogP contribution is 2.21. The van der Waals surface area contributed by atoms with Crippen LogP contribution in [0.3, 0.4) is 0 Å². The predicted octanol–water partition coefficient (Wildman–Crippen LogP) is 0.238. The van der Waals surface area contributed by atoms with Gasteiger partial charge in [-0.15, -0.1) is 11.8 Å². The fraction of sp³-hybridized carbons (Fsp3) is 0.400. The van der Waals surface area contributed by atoms with E-state index < -0.39 is 0 Å². The van der Waals surface area contributed by atoms with E-state index in [2.05, 4.69) is 10.6 Å². The molecule has 1 aromatic rings. The molecule has 118 valence electrons. The van der Waals surface area contributed by atoms with E-state index in [0.717, 1.165) is 11.1 Å². The highest BCUT2D eigenvalue weighted by atomic mass is 32.2. The fourth-order valence-electron chi connectivity index (χ4n) is 2.19. The van der Waals surface area contributed by atoms with Gasteiger partial charge in [-0.25, -0.2) is 0 Å². The Labute approximate surface area is 133 Å². The number of nitrogens with one attached hydrogen (secondary N) is 2. The second-order valence-corrected chi connectivity index (χ2v) is 5.89. The molecule has 0 aromatic heterocycles. The van der Waals surface area contributed by atoms with Gasteiger partial charge in [0.05, 0.1) is 11.5 Å². The number of rotatable bonds is 7. The highest BCUT2D eigenvalue weighted by molar-refractivity contribution is 8.00. The molecule has 0 radical (unpaired) electrons. The first-order valence-electron chi connectivity index (χ1n) is 7.04. The Morgan fingerprint density at radius 3 is 2.68 bits per heavy atom. The largest absolute Gasteiger partial charge is 0.358 e. The zero-order valence-electron chi connectivity index (χ0n) is 12.4. The number of nitrogens with zero attached hydrogens (tertiary/aromatic N) is 1. The smallest absolute Gasteiger partial charge is 0.254 e. The molecular weight excluding hydrogens is 302 g/mol. The number of amides is 3. The Balaban J connectivity index is 1.66. The SMILES string of the molecule is CNC(=O)CSCC(=O)NCCN1Cc2ccccc2C1=O. The van der Waals surface area contributed by atoms with Crippen molar-refractivity contribution in [2.75, 3.05) is 31.6 Å². The van der Waals surface area contributed by atoms with Crippen molar-refractivity contribution < 1.29 is 14.4 Å². The molecule has 2 rings (SSSR count). The van der Waals surface area contributed by atoms with Gasteiger partial charge < -0.3 is 15.5 Å². The molecule has 0 saturated heterocycles. The van der Waals surface area contributed by atoms with Gasteiger partial charge in [-0.2, -0.15) is 0 Å². The second-order valence-electron chi connectivity index (χ2n) is 4.90. The Kier molecular flexibility index (Phi) is 5.83. The number of thioether (sulfide) groups is 1. The normalized spacial score (nSPS) is 13.0. The minimum atomic E-state index is -0.127. The summed E-state index contributed by atoms with van der Waals surface area (Å²) in [6.45, 7) is 1.49. The lowest BCUT2D eigenvalue weighted by Gasteiger charge is -2.15. The van der Waals surface area contributed by atoms with Gasteiger partial charge in [-0.05, 0) is 11.6 Å². The van der Waals surface area contributed by atoms with Crippen LogP contribution in [0.4, 0.5) is 0 Å². The fourth-order valence-corrected chi connectivity index (χ4v) is 2.90. The summed E-state index contributed by atoms with van der Waals surface area (Å²) >= 11 is 1.26. The minimum absolute atomic E-state index is 0.0128. The van der Waals surface area contributed by atoms with E-state index in [4.69, 9.17) is 0 Å². The number of fused-ring (bicyclic) bond motifs is 1. The van der Waals surface area contributed by atoms with E-state index in [9.17, 15) is 14.4 Å². The van der Waals surface area contributed by atoms with Crippen molar-refractivity contribution in [2.24, 2.45) is 0 Å². The van der Waals surface area contributed by atoms with Gasteiger partial charge in [0.2, 0.25) is 11.8 Å². The molecule has 0 aliphatic carbocycles. The number of benzene rings is 1. The third-order valence-corrected chi connectivity index (χ3v) is 4.28. The Morgan fingerprint density at radius 2 is 1.95 bits per heavy atom. The first-order chi connectivity index (χ1) is 10.6. The summed E-state index contributed by atoms with van der Waals surface area (Å²) in [5.74, 6) is 0.293. The topological polar surface area (TPSA) is 78.5 Å². The van der Waals surface area contributed by atoms with Crippen molar-refractivity contribution in [1.82, 2.24) is 15.5 Å². The summed E-state index contributed by atoms with van der Waals surface area (Å²) < 4.78 is 0. The maximum absolute atomic E-state index is 12.1. The van der Waals surface area contributed by atoms with Crippen LogP contribution in [-0.4, -0.2) is 54.3 Å². The Bertz CT molecular complexity index is 577. The zero-order valence-corrected chi connectivity index (χ0v) is 13.2. The summed E-state index contributed by atoms with van der Waals surface area (Å²) in [5, 5.41) is 5.26. The molecule has 7 heteroatoms. The van der Waals surface area contributed by atoms with Gasteiger partial charge >= 0.3 is 0 Å². The molecule has 0 fully saturated rings. The maximum atomic E-state index is 12.1. The van der Waals surface area contributed by atoms with E-state index in [1.165, 1.54) is 11.8 Å². The standard InChI is InChI=1S/C15H19N3O3S/c1-16-13(19)9-22-10-14(20)17-6-7-18-8-11-4-2-3-5-12(11)15(18)21/h2-5H,6-10H2,1H3,(H,16,19)(H,17,20). The van der Waals surface area contributed by atoms with Gasteiger partial charge in [-0.3, -0.25) is 14.4 Å². The molecule has 1 aliphatic rings. The van der Waals surface area contributed by atoms with Crippen LogP contribution < -0.4 is 10.6 Å². The van der Waals surface area contributed by atoms with Crippen LogP contribution in [0, 0.1) is 0 Å². The van der Waals surface area contributed by atoms with Crippen LogP contribution in [-0.2, 0) is 16.1 Å². The van der Waals surface area contributed by atoms with Gasteiger partial charge in [-0.1, -0.05) is 18.2 Å². The van der Waals surface area contributed by atoms with E-state index in [-0.39, 0.29) is 29.2 Å². The van der Waals surface area contributed by atoms with Gasteiger partial charge in [0, 0.05) is 32.2 Å². The molecule has 1 aromatic carbocycles. The second kappa shape index (κ2) is 7.84. The molecule has 1 aliphatic heterocycles. The number of hydrogen-bond acceptors (Lipinski definition) is 4. The van der Waals surface area contributed by atoms with Crippen LogP contribution in [0.25, 0.3) is 0 Å². The molecular formula is C15H19N3O3S. The van der Waals surface area contributed by atoms with Gasteiger partial charge in [0.1, 0.15) is 0 Å². The summed E-state index contributed by atoms with van der Waals surface area (Å²) in [7, 11) is 1.56. The Hall–Kier alpha value is -2.02. The van der Waals surface area contributed by atoms with Crippen molar-refractivity contribution in [3.05, 3.63) is 35.4 Å². The van der Waals surface area contributed by atoms with Crippen molar-refractivity contribution in [2.45, 2.75) is 6.54 Å². The first kappa shape index (κ1) is 16.4. The zero-order chi connectivity index (χ0) is 15.9. The van der Waals surface area contributed by atoms with Crippen molar-refractivity contribution in [3.63, 3.8) is 0 Å². The lowest BCUT2D eigenvalue weighted by Crippen LogP contribution is -2.36. The lowest BCUT2D eigenvalue weighted by atomic mass is 10.1. The van der Waals surface area contributed by atoms with Crippen molar-refractivity contribution in [3.8, 4) is 0 Å². The van der Waals surface area contributed by atoms with Crippen molar-refractivity contribution in [1.29, 1.82) is 0 Å². The molecule has 0 bridgehead atoms. The number of carbonyl (C=O) groups is 3. The monoisotopic (exact) mass is 321 g/mol. The van der Waals surface area contributed by atoms with E-state index in [1.54, 1.807) is 11.9 Å². The van der Waals surface area contributed by atoms with Crippen molar-refractivity contribution >= 4 is 29.5 Å². The highest BCUT2D eigenvalue weighted by Gasteiger charge is 2.26. The van der Waals surface area contributed by atoms with E-state index in [1.807, 2.05) is 24.3 Å². The predicted molar refractivity (Wildman–Crippen MR) is 85.6 cm³/mol. The molecule has 2 N–H and O–H groups in total. The molecule has 0 unspecified atom stereocenters. The molecule has 3 amide bonds. The van der Waals surface area contributed by atoms with Crippen LogP contribution in [0.5, 0.6) is 0 Å². The minimum Gasteiger partial charge on any atom is -0.358 e. The molecule has 6 nitrogen and oxygen atoms in total. The van der Waals surface area contributed by atoms with E-state index in [0.29, 0.717) is 19.6 Å². The molecule has 22 heavy (non-hydrogen) atoms. The summed E-state index contributed by atoms with van der Waals surface area (Å²) in [4.78, 5) is 36.5. The first-order valence-corrected chi connectivity index (χ1v) is 8.19. The van der Waals surface area contributed by atoms with Crippen LogP contribution >= 0.6 is 11.8 Å². The van der Waals surface area contributed by atoms with Crippen LogP contribution in [0.1, 0.15) is 15.9 Å². The lowest BCUT2D eigenvalue weighted by molar-refractivity contribution is -0.118. The summed E-state index contributed by atoms with van der Waals surface area (Å²) in [6, 6.07) is 7.54. The Morgan fingerprint density at radius 1 is 1.23 bits per heavy atom. The number of carbonyl (C=O) groups excluding carboxylic acids is 3. The molecule has 0 spiro atoms. The van der Waals surface area contributed by atoms with Crippen LogP contribution in [0.2, 0.25) is 0 Å².